The van der Waals surface area contributed by atoms with Gasteiger partial charge in [0.2, 0.25) is 10.0 Å². The van der Waals surface area contributed by atoms with Crippen molar-refractivity contribution in [3.05, 3.63) is 35.4 Å². The van der Waals surface area contributed by atoms with E-state index in [1.54, 1.807) is 31.2 Å². The third-order valence-electron chi connectivity index (χ3n) is 4.02. The fourth-order valence-corrected chi connectivity index (χ4v) is 3.02. The minimum atomic E-state index is -3.21. The Bertz CT molecular complexity index is 631. The van der Waals surface area contributed by atoms with Gasteiger partial charge in [-0.3, -0.25) is 9.69 Å². The Morgan fingerprint density at radius 3 is 2.44 bits per heavy atom. The number of piperazine rings is 1. The van der Waals surface area contributed by atoms with Gasteiger partial charge in [-0.1, -0.05) is 12.1 Å². The van der Waals surface area contributed by atoms with E-state index >= 15 is 0 Å². The Labute approximate surface area is 156 Å². The number of halogens is 1. The summed E-state index contributed by atoms with van der Waals surface area (Å²) in [6.45, 7) is 7.32. The van der Waals surface area contributed by atoms with Crippen molar-refractivity contribution in [1.82, 2.24) is 20.3 Å². The molecule has 1 amide bonds. The molecule has 9 heteroatoms. The summed E-state index contributed by atoms with van der Waals surface area (Å²) in [5, 5.41) is 6.22. The van der Waals surface area contributed by atoms with Gasteiger partial charge in [0.05, 0.1) is 5.75 Å². The molecule has 1 aliphatic rings. The fourth-order valence-electron chi connectivity index (χ4n) is 2.43. The quantitative estimate of drug-likeness (QED) is 0.589. The largest absolute Gasteiger partial charge is 0.351 e. The van der Waals surface area contributed by atoms with Gasteiger partial charge in [-0.25, -0.2) is 13.1 Å². The number of hydrogen-bond donors (Lipinski definition) is 3. The molecule has 1 aromatic carbocycles. The number of nitrogens with zero attached hydrogens (tertiary/aromatic N) is 1. The Hall–Kier alpha value is -1.19. The standard InChI is InChI=1S/C16H26N4O3S.ClH/c1-2-24(22,23)19-13-14-3-5-15(6-4-14)16(21)18-9-12-20-10-7-17-8-11-20;/h3-6,17,19H,2,7-13H2,1H3,(H,18,21);1H. The summed E-state index contributed by atoms with van der Waals surface area (Å²) in [6.07, 6.45) is 0. The zero-order valence-corrected chi connectivity index (χ0v) is 16.1. The van der Waals surface area contributed by atoms with Gasteiger partial charge in [0, 0.05) is 51.4 Å². The van der Waals surface area contributed by atoms with E-state index in [0.717, 1.165) is 38.3 Å². The normalized spacial score (nSPS) is 15.4. The second-order valence-electron chi connectivity index (χ2n) is 5.77. The third-order valence-corrected chi connectivity index (χ3v) is 5.36. The Morgan fingerprint density at radius 1 is 1.20 bits per heavy atom. The van der Waals surface area contributed by atoms with Crippen molar-refractivity contribution in [2.75, 3.05) is 45.0 Å². The van der Waals surface area contributed by atoms with Crippen LogP contribution in [0.3, 0.4) is 0 Å². The molecule has 25 heavy (non-hydrogen) atoms. The van der Waals surface area contributed by atoms with E-state index in [1.165, 1.54) is 0 Å². The zero-order chi connectivity index (χ0) is 17.4. The lowest BCUT2D eigenvalue weighted by molar-refractivity contribution is 0.0947. The van der Waals surface area contributed by atoms with Crippen LogP contribution in [-0.4, -0.2) is 64.2 Å². The topological polar surface area (TPSA) is 90.5 Å². The first kappa shape index (κ1) is 21.9. The molecular weight excluding hydrogens is 364 g/mol. The molecule has 1 aromatic rings. The van der Waals surface area contributed by atoms with E-state index in [2.05, 4.69) is 20.3 Å². The van der Waals surface area contributed by atoms with Crippen LogP contribution < -0.4 is 15.4 Å². The molecule has 7 nitrogen and oxygen atoms in total. The van der Waals surface area contributed by atoms with Crippen LogP contribution >= 0.6 is 12.4 Å². The Balaban J connectivity index is 0.00000312. The molecule has 0 radical (unpaired) electrons. The van der Waals surface area contributed by atoms with Crippen molar-refractivity contribution in [3.63, 3.8) is 0 Å². The van der Waals surface area contributed by atoms with Gasteiger partial charge in [-0.2, -0.15) is 0 Å². The lowest BCUT2D eigenvalue weighted by Gasteiger charge is -2.27. The van der Waals surface area contributed by atoms with E-state index in [0.29, 0.717) is 12.1 Å². The van der Waals surface area contributed by atoms with Crippen molar-refractivity contribution in [3.8, 4) is 0 Å². The summed E-state index contributed by atoms with van der Waals surface area (Å²) in [4.78, 5) is 14.4. The predicted molar refractivity (Wildman–Crippen MR) is 102 cm³/mol. The summed E-state index contributed by atoms with van der Waals surface area (Å²) in [7, 11) is -3.21. The van der Waals surface area contributed by atoms with Gasteiger partial charge < -0.3 is 10.6 Å². The molecule has 0 saturated carbocycles. The lowest BCUT2D eigenvalue weighted by atomic mass is 10.1. The van der Waals surface area contributed by atoms with Crippen LogP contribution in [0.5, 0.6) is 0 Å². The average molecular weight is 391 g/mol. The first-order chi connectivity index (χ1) is 11.5. The van der Waals surface area contributed by atoms with Gasteiger partial charge in [0.1, 0.15) is 0 Å². The molecule has 0 aromatic heterocycles. The van der Waals surface area contributed by atoms with Crippen LogP contribution in [0.25, 0.3) is 0 Å². The Kier molecular flexibility index (Phi) is 9.37. The van der Waals surface area contributed by atoms with Gasteiger partial charge in [0.25, 0.3) is 5.91 Å². The SMILES string of the molecule is CCS(=O)(=O)NCc1ccc(C(=O)NCCN2CCNCC2)cc1.Cl. The van der Waals surface area contributed by atoms with Gasteiger partial charge >= 0.3 is 0 Å². The van der Waals surface area contributed by atoms with E-state index in [1.807, 2.05) is 0 Å². The first-order valence-electron chi connectivity index (χ1n) is 8.28. The summed E-state index contributed by atoms with van der Waals surface area (Å²) < 4.78 is 25.3. The minimum absolute atomic E-state index is 0. The van der Waals surface area contributed by atoms with Gasteiger partial charge in [-0.15, -0.1) is 12.4 Å². The van der Waals surface area contributed by atoms with Crippen molar-refractivity contribution >= 4 is 28.3 Å². The molecule has 0 spiro atoms. The van der Waals surface area contributed by atoms with E-state index < -0.39 is 10.0 Å². The second kappa shape index (κ2) is 10.7. The van der Waals surface area contributed by atoms with Crippen LogP contribution in [0, 0.1) is 0 Å². The number of nitrogens with one attached hydrogen (secondary N) is 3. The predicted octanol–water partition coefficient (Wildman–Crippen LogP) is 0.183. The molecule has 1 saturated heterocycles. The molecule has 0 bridgehead atoms. The minimum Gasteiger partial charge on any atom is -0.351 e. The molecule has 0 aliphatic carbocycles. The molecule has 1 fully saturated rings. The lowest BCUT2D eigenvalue weighted by Crippen LogP contribution is -2.46. The number of benzene rings is 1. The number of amides is 1. The van der Waals surface area contributed by atoms with Crippen molar-refractivity contribution in [1.29, 1.82) is 0 Å². The van der Waals surface area contributed by atoms with Crippen LogP contribution in [0.4, 0.5) is 0 Å². The number of sulfonamides is 1. The van der Waals surface area contributed by atoms with Crippen LogP contribution in [0.15, 0.2) is 24.3 Å². The zero-order valence-electron chi connectivity index (χ0n) is 14.5. The summed E-state index contributed by atoms with van der Waals surface area (Å²) in [5.74, 6) is -0.0496. The molecule has 2 rings (SSSR count). The van der Waals surface area contributed by atoms with E-state index in [4.69, 9.17) is 0 Å². The van der Waals surface area contributed by atoms with Crippen molar-refractivity contribution in [2.24, 2.45) is 0 Å². The maximum Gasteiger partial charge on any atom is 0.251 e. The first-order valence-corrected chi connectivity index (χ1v) is 9.93. The van der Waals surface area contributed by atoms with Crippen molar-refractivity contribution in [2.45, 2.75) is 13.5 Å². The molecule has 142 valence electrons. The summed E-state index contributed by atoms with van der Waals surface area (Å²) >= 11 is 0. The second-order valence-corrected chi connectivity index (χ2v) is 7.86. The highest BCUT2D eigenvalue weighted by Gasteiger charge is 2.11. The number of rotatable bonds is 8. The molecule has 1 heterocycles. The van der Waals surface area contributed by atoms with Gasteiger partial charge in [-0.05, 0) is 24.6 Å². The van der Waals surface area contributed by atoms with Gasteiger partial charge in [0.15, 0.2) is 0 Å². The average Bonchev–Trinajstić information content (AvgIpc) is 2.61. The molecule has 1 aliphatic heterocycles. The fraction of sp³-hybridized carbons (Fsp3) is 0.562. The van der Waals surface area contributed by atoms with Crippen LogP contribution in [0.1, 0.15) is 22.8 Å². The van der Waals surface area contributed by atoms with Crippen molar-refractivity contribution < 1.29 is 13.2 Å². The van der Waals surface area contributed by atoms with E-state index in [-0.39, 0.29) is 30.6 Å². The maximum absolute atomic E-state index is 12.1. The van der Waals surface area contributed by atoms with Crippen LogP contribution in [0.2, 0.25) is 0 Å². The number of carbonyl (C=O) groups is 1. The highest BCUT2D eigenvalue weighted by atomic mass is 35.5. The monoisotopic (exact) mass is 390 g/mol. The maximum atomic E-state index is 12.1. The van der Waals surface area contributed by atoms with Crippen LogP contribution in [-0.2, 0) is 16.6 Å². The molecule has 0 unspecified atom stereocenters. The highest BCUT2D eigenvalue weighted by Crippen LogP contribution is 2.05. The molecular formula is C16H27ClN4O3S. The molecule has 3 N–H and O–H groups in total. The number of hydrogen-bond acceptors (Lipinski definition) is 5. The summed E-state index contributed by atoms with van der Waals surface area (Å²) in [5.41, 5.74) is 1.40. The third kappa shape index (κ3) is 7.70. The Morgan fingerprint density at radius 2 is 1.84 bits per heavy atom. The number of carbonyl (C=O) groups excluding carboxylic acids is 1. The summed E-state index contributed by atoms with van der Waals surface area (Å²) in [6, 6.07) is 6.97. The smallest absolute Gasteiger partial charge is 0.251 e. The van der Waals surface area contributed by atoms with E-state index in [9.17, 15) is 13.2 Å². The highest BCUT2D eigenvalue weighted by molar-refractivity contribution is 7.89. The molecule has 0 atom stereocenters.